The SMILES string of the molecule is COCCCCOc1ccccc1C(=O)NCC(CC(N)C(O)CNC(=O)C1(OC)CCCCC1)C(C)C. The molecule has 1 aliphatic rings. The molecular weight excluding hydrogens is 486 g/mol. The summed E-state index contributed by atoms with van der Waals surface area (Å²) in [5.41, 5.74) is 6.02. The molecule has 9 nitrogen and oxygen atoms in total. The van der Waals surface area contributed by atoms with Crippen LogP contribution in [-0.2, 0) is 14.3 Å². The number of hydrogen-bond acceptors (Lipinski definition) is 7. The molecule has 3 atom stereocenters. The Bertz CT molecular complexity index is 843. The minimum Gasteiger partial charge on any atom is -0.493 e. The highest BCUT2D eigenvalue weighted by Crippen LogP contribution is 2.31. The first kappa shape index (κ1) is 32.0. The van der Waals surface area contributed by atoms with E-state index in [1.807, 2.05) is 12.1 Å². The van der Waals surface area contributed by atoms with Gasteiger partial charge in [-0.2, -0.15) is 0 Å². The lowest BCUT2D eigenvalue weighted by molar-refractivity contribution is -0.148. The second-order valence-electron chi connectivity index (χ2n) is 10.7. The quantitative estimate of drug-likeness (QED) is 0.225. The number of aliphatic hydroxyl groups is 1. The molecule has 0 bridgehead atoms. The van der Waals surface area contributed by atoms with Crippen LogP contribution in [0.4, 0.5) is 0 Å². The van der Waals surface area contributed by atoms with Gasteiger partial charge in [0.15, 0.2) is 0 Å². The molecule has 0 aromatic heterocycles. The minimum absolute atomic E-state index is 0.0464. The van der Waals surface area contributed by atoms with Crippen molar-refractivity contribution in [2.75, 3.05) is 40.5 Å². The van der Waals surface area contributed by atoms with Gasteiger partial charge in [-0.15, -0.1) is 0 Å². The van der Waals surface area contributed by atoms with Crippen molar-refractivity contribution in [3.63, 3.8) is 0 Å². The third-order valence-corrected chi connectivity index (χ3v) is 7.61. The first-order valence-corrected chi connectivity index (χ1v) is 14.0. The molecule has 5 N–H and O–H groups in total. The zero-order chi connectivity index (χ0) is 28.0. The van der Waals surface area contributed by atoms with Crippen LogP contribution in [0.25, 0.3) is 0 Å². The number of carbonyl (C=O) groups is 2. The van der Waals surface area contributed by atoms with Crippen LogP contribution < -0.4 is 21.1 Å². The molecule has 38 heavy (non-hydrogen) atoms. The number of aliphatic hydroxyl groups excluding tert-OH is 1. The van der Waals surface area contributed by atoms with Crippen LogP contribution in [0.1, 0.15) is 75.6 Å². The second kappa shape index (κ2) is 16.7. The Labute approximate surface area is 228 Å². The zero-order valence-corrected chi connectivity index (χ0v) is 23.7. The maximum Gasteiger partial charge on any atom is 0.255 e. The van der Waals surface area contributed by atoms with E-state index in [1.54, 1.807) is 26.4 Å². The largest absolute Gasteiger partial charge is 0.493 e. The van der Waals surface area contributed by atoms with Crippen LogP contribution in [0.15, 0.2) is 24.3 Å². The van der Waals surface area contributed by atoms with Gasteiger partial charge in [0, 0.05) is 40.0 Å². The van der Waals surface area contributed by atoms with Gasteiger partial charge in [0.25, 0.3) is 11.8 Å². The van der Waals surface area contributed by atoms with Gasteiger partial charge in [0.2, 0.25) is 0 Å². The zero-order valence-electron chi connectivity index (χ0n) is 23.7. The van der Waals surface area contributed by atoms with Gasteiger partial charge in [-0.3, -0.25) is 9.59 Å². The van der Waals surface area contributed by atoms with Crippen LogP contribution in [0.5, 0.6) is 5.75 Å². The standard InChI is InChI=1S/C29H49N3O6/c1-21(2)22(18-24(30)25(33)20-32-28(35)29(37-4)14-8-5-9-15-29)19-31-27(34)23-12-6-7-13-26(23)38-17-11-10-16-36-3/h6-7,12-13,21-22,24-25,33H,5,8-11,14-20,30H2,1-4H3,(H,31,34)(H,32,35). The topological polar surface area (TPSA) is 132 Å². The summed E-state index contributed by atoms with van der Waals surface area (Å²) >= 11 is 0. The molecule has 1 aromatic carbocycles. The summed E-state index contributed by atoms with van der Waals surface area (Å²) in [6, 6.07) is 6.66. The van der Waals surface area contributed by atoms with Crippen molar-refractivity contribution in [1.29, 1.82) is 0 Å². The Morgan fingerprint density at radius 2 is 1.71 bits per heavy atom. The van der Waals surface area contributed by atoms with Crippen LogP contribution in [-0.4, -0.2) is 75.2 Å². The van der Waals surface area contributed by atoms with E-state index < -0.39 is 17.7 Å². The number of benzene rings is 1. The van der Waals surface area contributed by atoms with E-state index in [4.69, 9.17) is 19.9 Å². The number of nitrogens with one attached hydrogen (secondary N) is 2. The van der Waals surface area contributed by atoms with Crippen LogP contribution >= 0.6 is 0 Å². The molecule has 2 amide bonds. The smallest absolute Gasteiger partial charge is 0.255 e. The van der Waals surface area contributed by atoms with Crippen LogP contribution in [0.2, 0.25) is 0 Å². The summed E-state index contributed by atoms with van der Waals surface area (Å²) < 4.78 is 16.5. The molecule has 9 heteroatoms. The van der Waals surface area contributed by atoms with E-state index >= 15 is 0 Å². The van der Waals surface area contributed by atoms with Gasteiger partial charge < -0.3 is 35.7 Å². The third kappa shape index (κ3) is 9.84. The first-order valence-electron chi connectivity index (χ1n) is 14.0. The molecule has 1 fully saturated rings. The number of hydrogen-bond donors (Lipinski definition) is 4. The average molecular weight is 536 g/mol. The van der Waals surface area contributed by atoms with Gasteiger partial charge in [0.1, 0.15) is 11.4 Å². The van der Waals surface area contributed by atoms with Crippen molar-refractivity contribution >= 4 is 11.8 Å². The van der Waals surface area contributed by atoms with Crippen LogP contribution in [0.3, 0.4) is 0 Å². The summed E-state index contributed by atoms with van der Waals surface area (Å²) in [6.07, 6.45) is 5.72. The first-order chi connectivity index (χ1) is 18.2. The van der Waals surface area contributed by atoms with E-state index in [0.29, 0.717) is 50.3 Å². The average Bonchev–Trinajstić information content (AvgIpc) is 2.93. The van der Waals surface area contributed by atoms with Crippen LogP contribution in [0, 0.1) is 11.8 Å². The molecular formula is C29H49N3O6. The molecule has 0 aliphatic heterocycles. The van der Waals surface area contributed by atoms with E-state index in [1.165, 1.54) is 0 Å². The molecule has 0 heterocycles. The number of para-hydroxylation sites is 1. The fourth-order valence-electron chi connectivity index (χ4n) is 4.88. The second-order valence-corrected chi connectivity index (χ2v) is 10.7. The summed E-state index contributed by atoms with van der Waals surface area (Å²) in [7, 11) is 3.24. The number of amides is 2. The normalized spacial score (nSPS) is 17.4. The monoisotopic (exact) mass is 535 g/mol. The number of methoxy groups -OCH3 is 2. The highest BCUT2D eigenvalue weighted by atomic mass is 16.5. The highest BCUT2D eigenvalue weighted by molar-refractivity contribution is 5.96. The molecule has 0 saturated heterocycles. The lowest BCUT2D eigenvalue weighted by atomic mass is 9.83. The third-order valence-electron chi connectivity index (χ3n) is 7.61. The predicted octanol–water partition coefficient (Wildman–Crippen LogP) is 3.04. The van der Waals surface area contributed by atoms with E-state index in [-0.39, 0.29) is 30.2 Å². The Kier molecular flexibility index (Phi) is 14.1. The number of unbranched alkanes of at least 4 members (excludes halogenated alkanes) is 1. The lowest BCUT2D eigenvalue weighted by Crippen LogP contribution is -2.53. The van der Waals surface area contributed by atoms with E-state index in [9.17, 15) is 14.7 Å². The van der Waals surface area contributed by atoms with Crippen molar-refractivity contribution in [2.24, 2.45) is 17.6 Å². The van der Waals surface area contributed by atoms with Crippen molar-refractivity contribution in [3.8, 4) is 5.75 Å². The molecule has 0 spiro atoms. The van der Waals surface area contributed by atoms with Crippen molar-refractivity contribution in [3.05, 3.63) is 29.8 Å². The van der Waals surface area contributed by atoms with E-state index in [2.05, 4.69) is 24.5 Å². The maximum absolute atomic E-state index is 13.0. The van der Waals surface area contributed by atoms with Gasteiger partial charge in [-0.05, 0) is 56.1 Å². The number of nitrogens with two attached hydrogens (primary N) is 1. The number of ether oxygens (including phenoxy) is 3. The van der Waals surface area contributed by atoms with Crippen molar-refractivity contribution < 1.29 is 28.9 Å². The molecule has 1 aliphatic carbocycles. The molecule has 1 aromatic rings. The minimum atomic E-state index is -0.902. The van der Waals surface area contributed by atoms with Crippen molar-refractivity contribution in [2.45, 2.75) is 83.0 Å². The molecule has 1 saturated carbocycles. The Hall–Kier alpha value is -2.20. The number of carbonyl (C=O) groups excluding carboxylic acids is 2. The molecule has 2 rings (SSSR count). The summed E-state index contributed by atoms with van der Waals surface area (Å²) in [6.45, 7) is 5.81. The fraction of sp³-hybridized carbons (Fsp3) is 0.724. The Balaban J connectivity index is 1.86. The molecule has 3 unspecified atom stereocenters. The fourth-order valence-corrected chi connectivity index (χ4v) is 4.88. The Morgan fingerprint density at radius 3 is 2.37 bits per heavy atom. The van der Waals surface area contributed by atoms with E-state index in [0.717, 1.165) is 32.1 Å². The van der Waals surface area contributed by atoms with Gasteiger partial charge >= 0.3 is 0 Å². The van der Waals surface area contributed by atoms with Gasteiger partial charge in [-0.25, -0.2) is 0 Å². The summed E-state index contributed by atoms with van der Waals surface area (Å²) in [5.74, 6) is 0.442. The van der Waals surface area contributed by atoms with Gasteiger partial charge in [0.05, 0.1) is 18.3 Å². The summed E-state index contributed by atoms with van der Waals surface area (Å²) in [5, 5.41) is 16.6. The van der Waals surface area contributed by atoms with Gasteiger partial charge in [-0.1, -0.05) is 45.2 Å². The predicted molar refractivity (Wildman–Crippen MR) is 148 cm³/mol. The molecule has 0 radical (unpaired) electrons. The highest BCUT2D eigenvalue weighted by Gasteiger charge is 2.39. The lowest BCUT2D eigenvalue weighted by Gasteiger charge is -2.35. The summed E-state index contributed by atoms with van der Waals surface area (Å²) in [4.78, 5) is 25.8. The number of rotatable bonds is 17. The Morgan fingerprint density at radius 1 is 1.03 bits per heavy atom. The maximum atomic E-state index is 13.0. The molecule has 216 valence electrons. The van der Waals surface area contributed by atoms with Crippen molar-refractivity contribution in [1.82, 2.24) is 10.6 Å².